The summed E-state index contributed by atoms with van der Waals surface area (Å²) >= 11 is 5.82. The molecule has 0 spiro atoms. The third-order valence-electron chi connectivity index (χ3n) is 3.94. The number of aromatic nitrogens is 2. The van der Waals surface area contributed by atoms with Crippen LogP contribution in [0.1, 0.15) is 18.5 Å². The molecule has 148 valence electrons. The number of hydrogen-bond acceptors (Lipinski definition) is 4. The van der Waals surface area contributed by atoms with E-state index in [-0.39, 0.29) is 53.3 Å². The minimum atomic E-state index is -4.83. The van der Waals surface area contributed by atoms with Crippen LogP contribution in [0.15, 0.2) is 35.2 Å². The fourth-order valence-electron chi connectivity index (χ4n) is 2.84. The standard InChI is InChI=1S/C17H12ClF3N2O4S/c18-15-5-4-14-13(22-15)8-10(2-1-3-16(24)25)23(14)28(26,27)17-11(20)6-9(19)7-12(17)21/h4-8H,1-3H2,(H,24,25). The van der Waals surface area contributed by atoms with E-state index in [0.29, 0.717) is 3.97 Å². The van der Waals surface area contributed by atoms with Gasteiger partial charge in [-0.15, -0.1) is 0 Å². The first-order valence-electron chi connectivity index (χ1n) is 7.90. The van der Waals surface area contributed by atoms with Gasteiger partial charge in [-0.25, -0.2) is 30.5 Å². The van der Waals surface area contributed by atoms with Gasteiger partial charge < -0.3 is 5.11 Å². The highest BCUT2D eigenvalue weighted by Gasteiger charge is 2.30. The molecule has 2 heterocycles. The van der Waals surface area contributed by atoms with E-state index in [0.717, 1.165) is 0 Å². The van der Waals surface area contributed by atoms with Gasteiger partial charge in [0, 0.05) is 24.2 Å². The Morgan fingerprint density at radius 1 is 1.14 bits per heavy atom. The van der Waals surface area contributed by atoms with Gasteiger partial charge in [-0.1, -0.05) is 11.6 Å². The van der Waals surface area contributed by atoms with Gasteiger partial charge in [0.1, 0.15) is 22.6 Å². The van der Waals surface area contributed by atoms with Crippen LogP contribution in [0.2, 0.25) is 5.15 Å². The van der Waals surface area contributed by atoms with Crippen LogP contribution in [0.4, 0.5) is 13.2 Å². The number of fused-ring (bicyclic) bond motifs is 1. The number of carbonyl (C=O) groups is 1. The van der Waals surface area contributed by atoms with Gasteiger partial charge in [0.25, 0.3) is 10.0 Å². The summed E-state index contributed by atoms with van der Waals surface area (Å²) in [6.45, 7) is 0. The molecule has 28 heavy (non-hydrogen) atoms. The molecular formula is C17H12ClF3N2O4S. The molecule has 0 aliphatic carbocycles. The molecule has 6 nitrogen and oxygen atoms in total. The largest absolute Gasteiger partial charge is 0.481 e. The number of hydrogen-bond donors (Lipinski definition) is 1. The second kappa shape index (κ2) is 7.44. The molecule has 0 aliphatic rings. The van der Waals surface area contributed by atoms with Crippen molar-refractivity contribution in [2.45, 2.75) is 24.2 Å². The van der Waals surface area contributed by atoms with Crippen molar-refractivity contribution >= 4 is 38.6 Å². The summed E-state index contributed by atoms with van der Waals surface area (Å²) < 4.78 is 68.3. The zero-order chi connectivity index (χ0) is 20.6. The summed E-state index contributed by atoms with van der Waals surface area (Å²) in [7, 11) is -4.83. The monoisotopic (exact) mass is 432 g/mol. The molecule has 0 unspecified atom stereocenters. The molecule has 0 saturated carbocycles. The molecule has 1 N–H and O–H groups in total. The Morgan fingerprint density at radius 3 is 2.39 bits per heavy atom. The summed E-state index contributed by atoms with van der Waals surface area (Å²) in [6.07, 6.45) is -0.192. The highest BCUT2D eigenvalue weighted by atomic mass is 35.5. The van der Waals surface area contributed by atoms with Gasteiger partial charge in [-0.05, 0) is 31.0 Å². The summed E-state index contributed by atoms with van der Waals surface area (Å²) in [6, 6.07) is 4.48. The van der Waals surface area contributed by atoms with Crippen LogP contribution < -0.4 is 0 Å². The van der Waals surface area contributed by atoms with Crippen LogP contribution in [-0.2, 0) is 21.2 Å². The number of rotatable bonds is 6. The lowest BCUT2D eigenvalue weighted by Gasteiger charge is -2.13. The maximum atomic E-state index is 14.2. The molecule has 0 saturated heterocycles. The zero-order valence-corrected chi connectivity index (χ0v) is 15.6. The van der Waals surface area contributed by atoms with Gasteiger partial charge in [0.2, 0.25) is 0 Å². The van der Waals surface area contributed by atoms with Gasteiger partial charge >= 0.3 is 5.97 Å². The topological polar surface area (TPSA) is 89.3 Å². The van der Waals surface area contributed by atoms with Crippen LogP contribution in [0.5, 0.6) is 0 Å². The van der Waals surface area contributed by atoms with E-state index in [9.17, 15) is 26.4 Å². The molecule has 3 aromatic rings. The highest BCUT2D eigenvalue weighted by Crippen LogP contribution is 2.30. The number of carboxylic acid groups (broad SMARTS) is 1. The Kier molecular flexibility index (Phi) is 5.35. The van der Waals surface area contributed by atoms with Crippen LogP contribution in [0.25, 0.3) is 11.0 Å². The molecule has 0 bridgehead atoms. The van der Waals surface area contributed by atoms with Gasteiger partial charge in [-0.3, -0.25) is 4.79 Å². The van der Waals surface area contributed by atoms with Gasteiger partial charge in [-0.2, -0.15) is 0 Å². The summed E-state index contributed by atoms with van der Waals surface area (Å²) in [5.41, 5.74) is 0.205. The molecule has 3 rings (SSSR count). The molecule has 0 atom stereocenters. The van der Waals surface area contributed by atoms with Crippen molar-refractivity contribution in [2.75, 3.05) is 0 Å². The normalized spacial score (nSPS) is 11.9. The first-order valence-corrected chi connectivity index (χ1v) is 9.72. The first kappa shape index (κ1) is 20.2. The number of aryl methyl sites for hydroxylation is 1. The fraction of sp³-hybridized carbons (Fsp3) is 0.176. The molecule has 1 aromatic carbocycles. The second-order valence-corrected chi connectivity index (χ2v) is 8.00. The van der Waals surface area contributed by atoms with E-state index in [2.05, 4.69) is 4.98 Å². The Balaban J connectivity index is 2.24. The Morgan fingerprint density at radius 2 is 1.79 bits per heavy atom. The summed E-state index contributed by atoms with van der Waals surface area (Å²) in [5.74, 6) is -5.51. The van der Waals surface area contributed by atoms with Crippen LogP contribution >= 0.6 is 11.6 Å². The van der Waals surface area contributed by atoms with Crippen molar-refractivity contribution in [3.05, 3.63) is 58.6 Å². The van der Waals surface area contributed by atoms with Crippen LogP contribution in [-0.4, -0.2) is 28.5 Å². The van der Waals surface area contributed by atoms with Crippen molar-refractivity contribution in [2.24, 2.45) is 0 Å². The number of nitrogens with zero attached hydrogens (tertiary/aromatic N) is 2. The quantitative estimate of drug-likeness (QED) is 0.599. The number of halogens is 4. The first-order chi connectivity index (χ1) is 13.1. The van der Waals surface area contributed by atoms with E-state index in [1.165, 1.54) is 18.2 Å². The van der Waals surface area contributed by atoms with Crippen LogP contribution in [0, 0.1) is 17.5 Å². The number of aliphatic carboxylic acids is 1. The zero-order valence-electron chi connectivity index (χ0n) is 14.0. The average Bonchev–Trinajstić information content (AvgIpc) is 2.91. The Bertz CT molecular complexity index is 1170. The molecule has 2 aromatic heterocycles. The van der Waals surface area contributed by atoms with Crippen LogP contribution in [0.3, 0.4) is 0 Å². The third kappa shape index (κ3) is 3.69. The van der Waals surface area contributed by atoms with Gasteiger partial charge in [0.05, 0.1) is 11.0 Å². The SMILES string of the molecule is O=C(O)CCCc1cc2nc(Cl)ccc2n1S(=O)(=O)c1c(F)cc(F)cc1F. The third-order valence-corrected chi connectivity index (χ3v) is 5.96. The van der Waals surface area contributed by atoms with Crippen molar-refractivity contribution in [1.29, 1.82) is 0 Å². The summed E-state index contributed by atoms with van der Waals surface area (Å²) in [4.78, 5) is 13.4. The van der Waals surface area contributed by atoms with Crippen molar-refractivity contribution in [3.63, 3.8) is 0 Å². The van der Waals surface area contributed by atoms with E-state index in [4.69, 9.17) is 16.7 Å². The van der Waals surface area contributed by atoms with Crippen molar-refractivity contribution in [3.8, 4) is 0 Å². The lowest BCUT2D eigenvalue weighted by atomic mass is 10.2. The number of pyridine rings is 1. The smallest absolute Gasteiger partial charge is 0.303 e. The minimum Gasteiger partial charge on any atom is -0.481 e. The van der Waals surface area contributed by atoms with E-state index < -0.39 is 38.3 Å². The van der Waals surface area contributed by atoms with Crippen molar-refractivity contribution < 1.29 is 31.5 Å². The molecule has 11 heteroatoms. The summed E-state index contributed by atoms with van der Waals surface area (Å²) in [5, 5.41) is 8.85. The van der Waals surface area contributed by atoms with E-state index in [1.54, 1.807) is 0 Å². The predicted octanol–water partition coefficient (Wildman–Crippen LogP) is 3.75. The number of carboxylic acids is 1. The van der Waals surface area contributed by atoms with Crippen molar-refractivity contribution in [1.82, 2.24) is 8.96 Å². The second-order valence-electron chi connectivity index (χ2n) is 5.89. The lowest BCUT2D eigenvalue weighted by molar-refractivity contribution is -0.137. The average molecular weight is 433 g/mol. The van der Waals surface area contributed by atoms with E-state index in [1.807, 2.05) is 0 Å². The Labute approximate surface area is 162 Å². The molecular weight excluding hydrogens is 421 g/mol. The molecule has 0 aliphatic heterocycles. The molecule has 0 fully saturated rings. The Hall–Kier alpha value is -2.59. The predicted molar refractivity (Wildman–Crippen MR) is 94.2 cm³/mol. The maximum absolute atomic E-state index is 14.2. The fourth-order valence-corrected chi connectivity index (χ4v) is 4.65. The maximum Gasteiger partial charge on any atom is 0.303 e. The molecule has 0 radical (unpaired) electrons. The number of benzene rings is 1. The molecule has 0 amide bonds. The minimum absolute atomic E-state index is 0.00199. The van der Waals surface area contributed by atoms with E-state index >= 15 is 0 Å². The highest BCUT2D eigenvalue weighted by molar-refractivity contribution is 7.90. The van der Waals surface area contributed by atoms with Gasteiger partial charge in [0.15, 0.2) is 4.90 Å². The lowest BCUT2D eigenvalue weighted by Crippen LogP contribution is -2.19.